The zero-order valence-corrected chi connectivity index (χ0v) is 22.8. The number of benzene rings is 1. The third-order valence-electron chi connectivity index (χ3n) is 7.32. The van der Waals surface area contributed by atoms with Gasteiger partial charge in [0.1, 0.15) is 0 Å². The van der Waals surface area contributed by atoms with Gasteiger partial charge in [-0.25, -0.2) is 0 Å². The fourth-order valence-corrected chi connectivity index (χ4v) is 5.37. The van der Waals surface area contributed by atoms with Crippen LogP contribution < -0.4 is 0 Å². The van der Waals surface area contributed by atoms with Crippen LogP contribution in [0.3, 0.4) is 0 Å². The highest BCUT2D eigenvalue weighted by molar-refractivity contribution is 6.30. The summed E-state index contributed by atoms with van der Waals surface area (Å²) in [4.78, 5) is 26.9. The van der Waals surface area contributed by atoms with E-state index in [0.29, 0.717) is 23.4 Å². The van der Waals surface area contributed by atoms with E-state index in [4.69, 9.17) is 16.3 Å². The highest BCUT2D eigenvalue weighted by atomic mass is 35.5. The summed E-state index contributed by atoms with van der Waals surface area (Å²) in [5.41, 5.74) is 4.03. The lowest BCUT2D eigenvalue weighted by Crippen LogP contribution is -2.46. The summed E-state index contributed by atoms with van der Waals surface area (Å²) in [6.07, 6.45) is 13.2. The zero-order valence-electron chi connectivity index (χ0n) is 22.0. The number of ether oxygens (including phenoxy) is 1. The number of methoxy groups -OCH3 is 1. The molecule has 0 N–H and O–H groups in total. The monoisotopic (exact) mass is 520 g/mol. The normalized spacial score (nSPS) is 25.2. The van der Waals surface area contributed by atoms with Crippen molar-refractivity contribution in [3.05, 3.63) is 115 Å². The van der Waals surface area contributed by atoms with E-state index < -0.39 is 5.72 Å². The Bertz CT molecular complexity index is 1310. The third-order valence-corrected chi connectivity index (χ3v) is 7.57. The van der Waals surface area contributed by atoms with Crippen LogP contribution in [-0.4, -0.2) is 29.4 Å². The number of halogens is 1. The smallest absolute Gasteiger partial charge is 0.257 e. The highest BCUT2D eigenvalue weighted by Crippen LogP contribution is 2.49. The molecule has 1 aromatic carbocycles. The fraction of sp³-hybridized carbons (Fsp3) is 0.367. The van der Waals surface area contributed by atoms with Crippen LogP contribution in [-0.2, 0) is 15.3 Å². The first-order valence-corrected chi connectivity index (χ1v) is 12.8. The first-order chi connectivity index (χ1) is 17.5. The SMILES string of the molecule is COC1(c2ccc(Cl)cc2)/C2=C/C/C=C(/C(C)(C)C)CC=C2C(=O)N1CC1=C(C)C=C([N+](=O)[O-])CC=C1. The van der Waals surface area contributed by atoms with Gasteiger partial charge in [0.15, 0.2) is 5.72 Å². The maximum Gasteiger partial charge on any atom is 0.257 e. The summed E-state index contributed by atoms with van der Waals surface area (Å²) in [6, 6.07) is 7.37. The molecule has 194 valence electrons. The Morgan fingerprint density at radius 3 is 2.46 bits per heavy atom. The number of carbonyl (C=O) groups is 1. The first-order valence-electron chi connectivity index (χ1n) is 12.4. The van der Waals surface area contributed by atoms with Crippen molar-refractivity contribution < 1.29 is 14.5 Å². The summed E-state index contributed by atoms with van der Waals surface area (Å²) in [5.74, 6) is -0.130. The van der Waals surface area contributed by atoms with Gasteiger partial charge in [-0.3, -0.25) is 19.8 Å². The number of allylic oxidation sites excluding steroid dienone is 7. The van der Waals surface area contributed by atoms with E-state index in [9.17, 15) is 14.9 Å². The van der Waals surface area contributed by atoms with Crippen LogP contribution in [0.5, 0.6) is 0 Å². The van der Waals surface area contributed by atoms with Gasteiger partial charge in [0.05, 0.1) is 11.3 Å². The number of hydrogen-bond donors (Lipinski definition) is 0. The standard InChI is InChI=1S/C30H33ClN2O4/c1-20-18-25(33(35)36)10-6-8-21(20)19-32-28(34)26-17-14-22(29(2,3)4)9-7-11-27(26)30(32,37-5)23-12-15-24(31)16-13-23/h6,8-9,11-13,15-18H,7,10,14,19H2,1-5H3/b22-9+,26-17?,27-11+. The van der Waals surface area contributed by atoms with E-state index in [2.05, 4.69) is 32.9 Å². The number of likely N-dealkylation sites (tertiary alicyclic amines) is 1. The minimum atomic E-state index is -1.16. The summed E-state index contributed by atoms with van der Waals surface area (Å²) >= 11 is 6.21. The molecule has 3 aliphatic rings. The molecule has 0 radical (unpaired) electrons. The number of nitrogens with zero attached hydrogens (tertiary/aromatic N) is 2. The second-order valence-electron chi connectivity index (χ2n) is 10.6. The van der Waals surface area contributed by atoms with Gasteiger partial charge in [0.25, 0.3) is 5.91 Å². The number of nitro groups is 1. The Balaban J connectivity index is 1.88. The van der Waals surface area contributed by atoms with Gasteiger partial charge >= 0.3 is 0 Å². The quantitative estimate of drug-likeness (QED) is 0.237. The lowest BCUT2D eigenvalue weighted by molar-refractivity contribution is -0.426. The maximum absolute atomic E-state index is 14.1. The number of carbonyl (C=O) groups excluding carboxylic acids is 1. The summed E-state index contributed by atoms with van der Waals surface area (Å²) in [5, 5.41) is 12.0. The van der Waals surface area contributed by atoms with Gasteiger partial charge in [0.2, 0.25) is 5.70 Å². The Kier molecular flexibility index (Phi) is 7.45. The molecule has 37 heavy (non-hydrogen) atoms. The van der Waals surface area contributed by atoms with Gasteiger partial charge in [-0.15, -0.1) is 0 Å². The van der Waals surface area contributed by atoms with E-state index >= 15 is 0 Å². The van der Waals surface area contributed by atoms with Crippen LogP contribution in [0.4, 0.5) is 0 Å². The maximum atomic E-state index is 14.1. The lowest BCUT2D eigenvalue weighted by atomic mass is 9.81. The molecular weight excluding hydrogens is 488 g/mol. The lowest BCUT2D eigenvalue weighted by Gasteiger charge is -2.38. The number of fused-ring (bicyclic) bond motifs is 1. The van der Waals surface area contributed by atoms with Crippen LogP contribution in [0.1, 0.15) is 52.5 Å². The van der Waals surface area contributed by atoms with Crippen LogP contribution in [0.25, 0.3) is 0 Å². The molecular formula is C30H33ClN2O4. The topological polar surface area (TPSA) is 72.7 Å². The molecule has 1 atom stereocenters. The molecule has 7 heteroatoms. The average Bonchev–Trinajstić information content (AvgIpc) is 2.92. The molecule has 2 aliphatic carbocycles. The molecule has 0 saturated carbocycles. The van der Waals surface area contributed by atoms with E-state index in [1.165, 1.54) is 5.57 Å². The van der Waals surface area contributed by atoms with E-state index in [1.807, 2.05) is 31.2 Å². The summed E-state index contributed by atoms with van der Waals surface area (Å²) in [7, 11) is 1.61. The Morgan fingerprint density at radius 1 is 1.14 bits per heavy atom. The molecule has 1 aliphatic heterocycles. The molecule has 1 aromatic rings. The van der Waals surface area contributed by atoms with Gasteiger partial charge in [0, 0.05) is 41.5 Å². The van der Waals surface area contributed by atoms with Crippen molar-refractivity contribution in [1.82, 2.24) is 4.90 Å². The van der Waals surface area contributed by atoms with Gasteiger partial charge < -0.3 is 4.74 Å². The third kappa shape index (κ3) is 5.00. The highest BCUT2D eigenvalue weighted by Gasteiger charge is 2.54. The predicted octanol–water partition coefficient (Wildman–Crippen LogP) is 7.04. The van der Waals surface area contributed by atoms with Crippen molar-refractivity contribution in [2.75, 3.05) is 13.7 Å². The molecule has 1 heterocycles. The first kappa shape index (κ1) is 26.8. The number of amides is 1. The van der Waals surface area contributed by atoms with Gasteiger partial charge in [-0.1, -0.05) is 80.5 Å². The molecule has 6 nitrogen and oxygen atoms in total. The van der Waals surface area contributed by atoms with E-state index in [0.717, 1.165) is 22.3 Å². The molecule has 0 spiro atoms. The van der Waals surface area contributed by atoms with Crippen molar-refractivity contribution in [2.24, 2.45) is 5.41 Å². The van der Waals surface area contributed by atoms with Gasteiger partial charge in [-0.2, -0.15) is 0 Å². The van der Waals surface area contributed by atoms with Crippen LogP contribution in [0.15, 0.2) is 94.3 Å². The number of hydrogen-bond acceptors (Lipinski definition) is 4. The van der Waals surface area contributed by atoms with Crippen LogP contribution in [0.2, 0.25) is 5.02 Å². The fourth-order valence-electron chi connectivity index (χ4n) is 5.24. The summed E-state index contributed by atoms with van der Waals surface area (Å²) in [6.45, 7) is 8.61. The Morgan fingerprint density at radius 2 is 1.84 bits per heavy atom. The molecule has 0 bridgehead atoms. The Hall–Kier alpha value is -3.22. The van der Waals surface area contributed by atoms with Crippen LogP contribution >= 0.6 is 11.6 Å². The number of rotatable bonds is 5. The minimum absolute atomic E-state index is 0.00756. The van der Waals surface area contributed by atoms with Crippen LogP contribution in [0, 0.1) is 15.5 Å². The van der Waals surface area contributed by atoms with Crippen molar-refractivity contribution in [1.29, 1.82) is 0 Å². The van der Waals surface area contributed by atoms with Crippen molar-refractivity contribution in [2.45, 2.75) is 52.7 Å². The van der Waals surface area contributed by atoms with E-state index in [1.54, 1.807) is 36.3 Å². The molecule has 1 fully saturated rings. The zero-order chi connectivity index (χ0) is 27.0. The Labute approximate surface area is 223 Å². The molecule has 4 rings (SSSR count). The molecule has 1 unspecified atom stereocenters. The second-order valence-corrected chi connectivity index (χ2v) is 11.0. The molecule has 0 aromatic heterocycles. The largest absolute Gasteiger partial charge is 0.350 e. The average molecular weight is 521 g/mol. The van der Waals surface area contributed by atoms with Gasteiger partial charge in [-0.05, 0) is 48.5 Å². The summed E-state index contributed by atoms with van der Waals surface area (Å²) < 4.78 is 6.30. The second kappa shape index (κ2) is 10.3. The van der Waals surface area contributed by atoms with Crippen molar-refractivity contribution in [3.63, 3.8) is 0 Å². The van der Waals surface area contributed by atoms with E-state index in [-0.39, 0.29) is 34.9 Å². The molecule has 1 saturated heterocycles. The van der Waals surface area contributed by atoms with Crippen molar-refractivity contribution in [3.8, 4) is 0 Å². The molecule has 1 amide bonds. The minimum Gasteiger partial charge on any atom is -0.350 e. The predicted molar refractivity (Wildman–Crippen MR) is 146 cm³/mol. The van der Waals surface area contributed by atoms with Crippen molar-refractivity contribution >= 4 is 17.5 Å².